The van der Waals surface area contributed by atoms with Gasteiger partial charge in [0.25, 0.3) is 20.0 Å². The summed E-state index contributed by atoms with van der Waals surface area (Å²) in [5.74, 6) is 1.03. The fourth-order valence-electron chi connectivity index (χ4n) is 5.89. The maximum Gasteiger partial charge on any atom is 0.275 e. The van der Waals surface area contributed by atoms with Gasteiger partial charge in [0.15, 0.2) is 0 Å². The van der Waals surface area contributed by atoms with Crippen LogP contribution >= 0.6 is 0 Å². The molecule has 26 heavy (non-hydrogen) atoms. The van der Waals surface area contributed by atoms with E-state index in [-0.39, 0.29) is 13.6 Å². The highest BCUT2D eigenvalue weighted by Crippen LogP contribution is 2.60. The highest BCUT2D eigenvalue weighted by molar-refractivity contribution is 8.06. The number of sulfonamides is 2. The Balaban J connectivity index is 1.50. The van der Waals surface area contributed by atoms with Crippen molar-refractivity contribution in [1.29, 1.82) is 0 Å². The summed E-state index contributed by atoms with van der Waals surface area (Å²) >= 11 is 0. The van der Waals surface area contributed by atoms with Gasteiger partial charge in [-0.1, -0.05) is 12.1 Å². The lowest BCUT2D eigenvalue weighted by molar-refractivity contribution is -0.148. The second kappa shape index (κ2) is 5.08. The second-order valence-electron chi connectivity index (χ2n) is 8.29. The molecule has 0 saturated heterocycles. The van der Waals surface area contributed by atoms with Gasteiger partial charge in [-0.2, -0.15) is 0 Å². The maximum atomic E-state index is 13.1. The number of rotatable bonds is 2. The van der Waals surface area contributed by atoms with Gasteiger partial charge in [0.05, 0.1) is 5.41 Å². The molecular weight excluding hydrogens is 376 g/mol. The van der Waals surface area contributed by atoms with Crippen LogP contribution in [0.25, 0.3) is 0 Å². The number of benzene rings is 1. The van der Waals surface area contributed by atoms with Gasteiger partial charge in [0.1, 0.15) is 9.79 Å². The van der Waals surface area contributed by atoms with Crippen LogP contribution in [0, 0.1) is 23.2 Å². The number of hydrogen-bond acceptors (Lipinski definition) is 5. The molecule has 1 aromatic rings. The molecular formula is C17H20N2O5S2. The fourth-order valence-corrected chi connectivity index (χ4v) is 9.95. The summed E-state index contributed by atoms with van der Waals surface area (Å²) in [6, 6.07) is 5.44. The normalized spacial score (nSPS) is 38.8. The van der Waals surface area contributed by atoms with Gasteiger partial charge in [-0.05, 0) is 68.4 Å². The highest BCUT2D eigenvalue weighted by Gasteiger charge is 2.57. The summed E-state index contributed by atoms with van der Waals surface area (Å²) in [5.41, 5.74) is 1.65. The molecule has 4 bridgehead atoms. The summed E-state index contributed by atoms with van der Waals surface area (Å²) in [7, 11) is -8.61. The first kappa shape index (κ1) is 16.7. The highest BCUT2D eigenvalue weighted by atomic mass is 32.3. The van der Waals surface area contributed by atoms with E-state index in [9.17, 15) is 21.6 Å². The van der Waals surface area contributed by atoms with Crippen molar-refractivity contribution in [2.45, 2.75) is 48.3 Å². The van der Waals surface area contributed by atoms with Crippen molar-refractivity contribution in [2.24, 2.45) is 23.2 Å². The Morgan fingerprint density at radius 3 is 1.73 bits per heavy atom. The number of nitrogens with zero attached hydrogens (tertiary/aromatic N) is 1. The van der Waals surface area contributed by atoms with Gasteiger partial charge in [-0.3, -0.25) is 10.2 Å². The van der Waals surface area contributed by atoms with Gasteiger partial charge in [0.2, 0.25) is 5.91 Å². The van der Waals surface area contributed by atoms with Crippen LogP contribution in [0.15, 0.2) is 34.1 Å². The number of carbonyl (C=O) groups is 1. The van der Waals surface area contributed by atoms with Crippen molar-refractivity contribution in [1.82, 2.24) is 9.25 Å². The molecule has 6 rings (SSSR count). The Hall–Kier alpha value is -1.45. The number of fused-ring (bicyclic) bond motifs is 1. The first-order chi connectivity index (χ1) is 12.2. The Labute approximate surface area is 152 Å². The second-order valence-corrected chi connectivity index (χ2v) is 12.0. The molecule has 1 N–H and O–H groups in total. The smallest absolute Gasteiger partial charge is 0.273 e. The van der Waals surface area contributed by atoms with Crippen molar-refractivity contribution in [3.63, 3.8) is 0 Å². The summed E-state index contributed by atoms with van der Waals surface area (Å²) in [6.45, 7) is 0. The lowest BCUT2D eigenvalue weighted by Crippen LogP contribution is -2.57. The van der Waals surface area contributed by atoms with Crippen LogP contribution in [0.4, 0.5) is 0 Å². The Morgan fingerprint density at radius 1 is 0.885 bits per heavy atom. The molecule has 9 heteroatoms. The molecule has 0 aromatic heterocycles. The van der Waals surface area contributed by atoms with Gasteiger partial charge in [-0.25, -0.2) is 16.8 Å². The van der Waals surface area contributed by atoms with Crippen molar-refractivity contribution < 1.29 is 21.6 Å². The van der Waals surface area contributed by atoms with Gasteiger partial charge >= 0.3 is 0 Å². The van der Waals surface area contributed by atoms with Crippen LogP contribution in [-0.4, -0.2) is 26.6 Å². The number of hydrogen-bond donors (Lipinski definition) is 1. The van der Waals surface area contributed by atoms with Crippen LogP contribution in [0.3, 0.4) is 0 Å². The minimum absolute atomic E-state index is 0.186. The van der Waals surface area contributed by atoms with Crippen LogP contribution < -0.4 is 5.43 Å². The molecule has 0 atom stereocenters. The monoisotopic (exact) mass is 396 g/mol. The van der Waals surface area contributed by atoms with E-state index in [4.69, 9.17) is 0 Å². The zero-order valence-electron chi connectivity index (χ0n) is 14.1. The van der Waals surface area contributed by atoms with E-state index in [1.807, 2.05) is 0 Å². The third kappa shape index (κ3) is 2.10. The zero-order chi connectivity index (χ0) is 18.3. The van der Waals surface area contributed by atoms with Crippen molar-refractivity contribution in [3.8, 4) is 0 Å². The lowest BCUT2D eigenvalue weighted by atomic mass is 9.49. The Kier molecular flexibility index (Phi) is 3.26. The molecule has 4 aliphatic carbocycles. The third-order valence-corrected chi connectivity index (χ3v) is 10.7. The van der Waals surface area contributed by atoms with Crippen molar-refractivity contribution >= 4 is 26.0 Å². The molecule has 0 spiro atoms. The molecule has 0 radical (unpaired) electrons. The zero-order valence-corrected chi connectivity index (χ0v) is 15.7. The minimum atomic E-state index is -4.31. The van der Waals surface area contributed by atoms with E-state index in [0.717, 1.165) is 38.5 Å². The van der Waals surface area contributed by atoms with E-state index in [0.29, 0.717) is 17.8 Å². The van der Waals surface area contributed by atoms with E-state index in [2.05, 4.69) is 5.43 Å². The minimum Gasteiger partial charge on any atom is -0.273 e. The maximum absolute atomic E-state index is 13.1. The summed E-state index contributed by atoms with van der Waals surface area (Å²) in [5, 5.41) is 0. The predicted molar refractivity (Wildman–Crippen MR) is 91.4 cm³/mol. The molecule has 5 aliphatic rings. The van der Waals surface area contributed by atoms with Gasteiger partial charge < -0.3 is 0 Å². The molecule has 1 amide bonds. The molecule has 140 valence electrons. The largest absolute Gasteiger partial charge is 0.275 e. The lowest BCUT2D eigenvalue weighted by Gasteiger charge is -2.55. The number of nitrogens with one attached hydrogen (secondary N) is 1. The topological polar surface area (TPSA) is 101 Å². The van der Waals surface area contributed by atoms with E-state index >= 15 is 0 Å². The average molecular weight is 396 g/mol. The van der Waals surface area contributed by atoms with Crippen molar-refractivity contribution in [2.75, 3.05) is 0 Å². The predicted octanol–water partition coefficient (Wildman–Crippen LogP) is 1.63. The van der Waals surface area contributed by atoms with Crippen molar-refractivity contribution in [3.05, 3.63) is 24.3 Å². The van der Waals surface area contributed by atoms with E-state index in [1.165, 1.54) is 24.3 Å². The average Bonchev–Trinajstić information content (AvgIpc) is 2.72. The third-order valence-electron chi connectivity index (χ3n) is 6.55. The van der Waals surface area contributed by atoms with Crippen LogP contribution in [0.2, 0.25) is 0 Å². The molecule has 1 aliphatic heterocycles. The standard InChI is InChI=1S/C17H20N2O5S2/c20-16(17-8-11-5-12(9-17)7-13(6-11)10-17)18-19-25(21,22)14-3-1-2-4-15(14)26(19,23)24/h1-4,11-13H,5-10H2,(H,18,20). The first-order valence-electron chi connectivity index (χ1n) is 8.93. The molecule has 4 saturated carbocycles. The number of hydrazine groups is 1. The summed E-state index contributed by atoms with van der Waals surface area (Å²) < 4.78 is 51.0. The molecule has 7 nitrogen and oxygen atoms in total. The quantitative estimate of drug-likeness (QED) is 0.819. The SMILES string of the molecule is O=C(NN1S(=O)(=O)c2ccccc2S1(=O)=O)C12CC3CC(CC(C3)C1)C2. The van der Waals surface area contributed by atoms with E-state index < -0.39 is 31.4 Å². The summed E-state index contributed by atoms with van der Waals surface area (Å²) in [6.07, 6.45) is 5.60. The van der Waals surface area contributed by atoms with Crippen LogP contribution in [0.1, 0.15) is 38.5 Å². The fraction of sp³-hybridized carbons (Fsp3) is 0.588. The molecule has 1 aromatic carbocycles. The Morgan fingerprint density at radius 2 is 1.31 bits per heavy atom. The first-order valence-corrected chi connectivity index (χ1v) is 11.8. The van der Waals surface area contributed by atoms with Crippen LogP contribution in [-0.2, 0) is 24.8 Å². The van der Waals surface area contributed by atoms with E-state index in [1.54, 1.807) is 0 Å². The van der Waals surface area contributed by atoms with Gasteiger partial charge in [-0.15, -0.1) is 0 Å². The summed E-state index contributed by atoms with van der Waals surface area (Å²) in [4.78, 5) is 12.5. The number of carbonyl (C=O) groups excluding carboxylic acids is 1. The molecule has 4 fully saturated rings. The van der Waals surface area contributed by atoms with Crippen LogP contribution in [0.5, 0.6) is 0 Å². The van der Waals surface area contributed by atoms with Gasteiger partial charge in [0, 0.05) is 3.82 Å². The Bertz CT molecular complexity index is 927. The number of amides is 1. The molecule has 1 heterocycles. The molecule has 0 unspecified atom stereocenters.